The topological polar surface area (TPSA) is 113 Å². The van der Waals surface area contributed by atoms with Gasteiger partial charge in [0.2, 0.25) is 11.8 Å². The van der Waals surface area contributed by atoms with Gasteiger partial charge in [-0.1, -0.05) is 74.2 Å². The third-order valence-electron chi connectivity index (χ3n) is 6.91. The van der Waals surface area contributed by atoms with Gasteiger partial charge in [0.05, 0.1) is 6.10 Å². The number of esters is 1. The van der Waals surface area contributed by atoms with E-state index in [0.717, 1.165) is 61.6 Å². The Bertz CT molecular complexity index is 931. The Morgan fingerprint density at radius 2 is 1.82 bits per heavy atom. The summed E-state index contributed by atoms with van der Waals surface area (Å²) in [6.07, 6.45) is 6.35. The number of amides is 2. The lowest BCUT2D eigenvalue weighted by atomic mass is 10.0. The fourth-order valence-electron chi connectivity index (χ4n) is 4.78. The van der Waals surface area contributed by atoms with Crippen LogP contribution in [-0.2, 0) is 30.5 Å². The average molecular weight is 565 g/mol. The number of nitrogens with one attached hydrogen (secondary N) is 1. The molecule has 38 heavy (non-hydrogen) atoms. The first kappa shape index (κ1) is 30.5. The molecule has 0 bridgehead atoms. The van der Waals surface area contributed by atoms with Crippen LogP contribution in [0, 0.1) is 5.92 Å². The molecule has 0 saturated carbocycles. The standard InChI is InChI=1S/C28H40N2O6S2/c1-20(31)38-18-22-13-9-4-2-3-5-10-14-37-19-24(29-26(22)33)27(34)30-16-23(32)15-25(30)28(35)36-17-21-11-7-6-8-12-21/h6-8,11-12,22-25,32H,2-5,9-10,13-19H2,1H3,(H,29,33)/t22?,23-,24?,25+/m1/s1. The molecule has 2 fully saturated rings. The Balaban J connectivity index is 1.71. The van der Waals surface area contributed by atoms with E-state index in [1.807, 2.05) is 30.3 Å². The van der Waals surface area contributed by atoms with Crippen molar-refractivity contribution in [2.45, 2.75) is 83.1 Å². The van der Waals surface area contributed by atoms with E-state index in [-0.39, 0.29) is 42.4 Å². The summed E-state index contributed by atoms with van der Waals surface area (Å²) >= 11 is 2.75. The van der Waals surface area contributed by atoms with Crippen molar-refractivity contribution in [1.82, 2.24) is 10.2 Å². The highest BCUT2D eigenvalue weighted by Crippen LogP contribution is 2.24. The predicted molar refractivity (Wildman–Crippen MR) is 151 cm³/mol. The molecule has 210 valence electrons. The molecule has 2 unspecified atom stereocenters. The van der Waals surface area contributed by atoms with Crippen molar-refractivity contribution in [1.29, 1.82) is 0 Å². The summed E-state index contributed by atoms with van der Waals surface area (Å²) < 4.78 is 5.49. The van der Waals surface area contributed by atoms with Gasteiger partial charge in [-0.3, -0.25) is 14.4 Å². The van der Waals surface area contributed by atoms with Crippen LogP contribution >= 0.6 is 23.5 Å². The number of likely N-dealkylation sites (tertiary alicyclic amines) is 1. The van der Waals surface area contributed by atoms with Crippen LogP contribution in [0.2, 0.25) is 0 Å². The molecule has 2 N–H and O–H groups in total. The summed E-state index contributed by atoms with van der Waals surface area (Å²) in [6.45, 7) is 1.59. The highest BCUT2D eigenvalue weighted by molar-refractivity contribution is 8.13. The van der Waals surface area contributed by atoms with Gasteiger partial charge in [0.15, 0.2) is 5.12 Å². The Labute approximate surface area is 234 Å². The van der Waals surface area contributed by atoms with Gasteiger partial charge in [0.25, 0.3) is 0 Å². The first-order valence-electron chi connectivity index (χ1n) is 13.6. The maximum Gasteiger partial charge on any atom is 0.329 e. The molecule has 8 nitrogen and oxygen atoms in total. The van der Waals surface area contributed by atoms with E-state index >= 15 is 0 Å². The van der Waals surface area contributed by atoms with Crippen molar-refractivity contribution in [3.8, 4) is 0 Å². The molecule has 1 aromatic rings. The van der Waals surface area contributed by atoms with Gasteiger partial charge in [0, 0.05) is 37.3 Å². The largest absolute Gasteiger partial charge is 0.459 e. The summed E-state index contributed by atoms with van der Waals surface area (Å²) in [6, 6.07) is 7.56. The van der Waals surface area contributed by atoms with E-state index in [0.29, 0.717) is 17.9 Å². The third-order valence-corrected chi connectivity index (χ3v) is 9.03. The van der Waals surface area contributed by atoms with Gasteiger partial charge in [0.1, 0.15) is 18.7 Å². The Kier molecular flexibility index (Phi) is 13.0. The van der Waals surface area contributed by atoms with E-state index in [1.54, 1.807) is 11.8 Å². The summed E-state index contributed by atoms with van der Waals surface area (Å²) in [7, 11) is 0. The van der Waals surface area contributed by atoms with E-state index in [1.165, 1.54) is 11.8 Å². The van der Waals surface area contributed by atoms with Crippen LogP contribution in [0.3, 0.4) is 0 Å². The summed E-state index contributed by atoms with van der Waals surface area (Å²) in [5, 5.41) is 13.3. The molecule has 2 saturated heterocycles. The minimum atomic E-state index is -0.903. The number of β-amino-alcohol motifs (C(OH)–C–C–N with tert-alkyl or cyclic N) is 1. The molecule has 0 aromatic heterocycles. The number of benzene rings is 1. The maximum atomic E-state index is 13.7. The molecule has 3 rings (SSSR count). The van der Waals surface area contributed by atoms with E-state index in [9.17, 15) is 24.3 Å². The smallest absolute Gasteiger partial charge is 0.329 e. The lowest BCUT2D eigenvalue weighted by molar-refractivity contribution is -0.155. The number of carbonyl (C=O) groups excluding carboxylic acids is 4. The zero-order valence-corrected chi connectivity index (χ0v) is 23.8. The number of hydrogen-bond acceptors (Lipinski definition) is 8. The first-order chi connectivity index (χ1) is 18.3. The lowest BCUT2D eigenvalue weighted by Gasteiger charge is -2.29. The number of aliphatic hydroxyl groups is 1. The minimum absolute atomic E-state index is 0.0184. The average Bonchev–Trinajstić information content (AvgIpc) is 3.30. The number of hydrogen-bond donors (Lipinski definition) is 2. The van der Waals surface area contributed by atoms with Gasteiger partial charge >= 0.3 is 5.97 Å². The number of nitrogens with zero attached hydrogens (tertiary/aromatic N) is 1. The van der Waals surface area contributed by atoms with E-state index in [4.69, 9.17) is 4.74 Å². The summed E-state index contributed by atoms with van der Waals surface area (Å²) in [4.78, 5) is 52.9. The maximum absolute atomic E-state index is 13.7. The fourth-order valence-corrected chi connectivity index (χ4v) is 6.57. The summed E-state index contributed by atoms with van der Waals surface area (Å²) in [5.74, 6) is 0.0971. The number of aliphatic hydroxyl groups excluding tert-OH is 1. The first-order valence-corrected chi connectivity index (χ1v) is 15.7. The van der Waals surface area contributed by atoms with Crippen molar-refractivity contribution in [2.75, 3.05) is 23.8 Å². The van der Waals surface area contributed by atoms with E-state index < -0.39 is 24.2 Å². The van der Waals surface area contributed by atoms with Crippen LogP contribution in [0.5, 0.6) is 0 Å². The molecule has 2 aliphatic rings. The predicted octanol–water partition coefficient (Wildman–Crippen LogP) is 3.55. The van der Waals surface area contributed by atoms with Crippen LogP contribution in [0.1, 0.15) is 63.9 Å². The van der Waals surface area contributed by atoms with Crippen LogP contribution in [0.15, 0.2) is 30.3 Å². The normalized spacial score (nSPS) is 25.7. The van der Waals surface area contributed by atoms with Gasteiger partial charge in [-0.05, 0) is 24.2 Å². The summed E-state index contributed by atoms with van der Waals surface area (Å²) in [5.41, 5.74) is 0.835. The zero-order valence-electron chi connectivity index (χ0n) is 22.1. The SMILES string of the molecule is CC(=O)SCC1CCCCCCCCSCC(C(=O)N2C[C@H](O)C[C@H]2C(=O)OCc2ccccc2)NC1=O. The highest BCUT2D eigenvalue weighted by atomic mass is 32.2. The molecular formula is C28H40N2O6S2. The fraction of sp³-hybridized carbons (Fsp3) is 0.643. The second kappa shape index (κ2) is 16.2. The Morgan fingerprint density at radius 1 is 1.11 bits per heavy atom. The van der Waals surface area contributed by atoms with Crippen molar-refractivity contribution in [3.63, 3.8) is 0 Å². The number of rotatable bonds is 6. The second-order valence-electron chi connectivity index (χ2n) is 10.0. The quantitative estimate of drug-likeness (QED) is 0.505. The molecule has 0 aliphatic carbocycles. The molecule has 1 aromatic carbocycles. The highest BCUT2D eigenvalue weighted by Gasteiger charge is 2.42. The molecule has 0 radical (unpaired) electrons. The zero-order chi connectivity index (χ0) is 27.3. The van der Waals surface area contributed by atoms with Crippen LogP contribution in [-0.4, -0.2) is 74.9 Å². The van der Waals surface area contributed by atoms with Gasteiger partial charge in [-0.15, -0.1) is 0 Å². The van der Waals surface area contributed by atoms with Gasteiger partial charge in [-0.25, -0.2) is 4.79 Å². The molecule has 2 aliphatic heterocycles. The number of thioether (sulfide) groups is 2. The molecule has 2 heterocycles. The molecule has 2 amide bonds. The second-order valence-corrected chi connectivity index (χ2v) is 12.4. The van der Waals surface area contributed by atoms with Gasteiger partial charge < -0.3 is 20.1 Å². The lowest BCUT2D eigenvalue weighted by Crippen LogP contribution is -2.54. The monoisotopic (exact) mass is 564 g/mol. The van der Waals surface area contributed by atoms with Crippen LogP contribution in [0.4, 0.5) is 0 Å². The Hall–Kier alpha value is -2.04. The van der Waals surface area contributed by atoms with Crippen molar-refractivity contribution in [3.05, 3.63) is 35.9 Å². The third kappa shape index (κ3) is 9.93. The van der Waals surface area contributed by atoms with Crippen LogP contribution < -0.4 is 5.32 Å². The molecule has 4 atom stereocenters. The number of carbonyl (C=O) groups is 4. The molecule has 10 heteroatoms. The molecule has 0 spiro atoms. The Morgan fingerprint density at radius 3 is 2.55 bits per heavy atom. The van der Waals surface area contributed by atoms with Crippen molar-refractivity contribution in [2.24, 2.45) is 5.92 Å². The van der Waals surface area contributed by atoms with E-state index in [2.05, 4.69) is 5.32 Å². The number of ether oxygens (including phenoxy) is 1. The molecular weight excluding hydrogens is 524 g/mol. The van der Waals surface area contributed by atoms with Crippen molar-refractivity contribution < 1.29 is 29.0 Å². The minimum Gasteiger partial charge on any atom is -0.459 e. The van der Waals surface area contributed by atoms with Crippen molar-refractivity contribution >= 4 is 46.4 Å². The van der Waals surface area contributed by atoms with Gasteiger partial charge in [-0.2, -0.15) is 11.8 Å². The van der Waals surface area contributed by atoms with Crippen LogP contribution in [0.25, 0.3) is 0 Å².